The van der Waals surface area contributed by atoms with Crippen LogP contribution in [0.3, 0.4) is 0 Å². The number of rotatable bonds is 2. The van der Waals surface area contributed by atoms with Crippen LogP contribution < -0.4 is 0 Å². The number of benzene rings is 1. The molecular weight excluding hydrogens is 308 g/mol. The number of hydrogen-bond donors (Lipinski definition) is 1. The summed E-state index contributed by atoms with van der Waals surface area (Å²) in [6.45, 7) is 0. The third kappa shape index (κ3) is 2.55. The molecule has 5 nitrogen and oxygen atoms in total. The maximum absolute atomic E-state index is 10.0. The smallest absolute Gasteiger partial charge is 0.206 e. The standard InChI is InChI=1S/C13H15BrN4O/c14-10-6-2-1-5-9(10)13-15-17-18(16-13)11-7-3-4-8-12(11)19/h1-2,5-6,11-12,19H,3-4,7-8H2/t11-,12+/m1/s1. The fraction of sp³-hybridized carbons (Fsp3) is 0.462. The van der Waals surface area contributed by atoms with E-state index in [-0.39, 0.29) is 12.1 Å². The summed E-state index contributed by atoms with van der Waals surface area (Å²) in [6.07, 6.45) is 3.54. The van der Waals surface area contributed by atoms with Crippen molar-refractivity contribution in [3.63, 3.8) is 0 Å². The molecule has 0 aliphatic heterocycles. The Morgan fingerprint density at radius 2 is 2.00 bits per heavy atom. The van der Waals surface area contributed by atoms with Gasteiger partial charge in [0.2, 0.25) is 5.82 Å². The van der Waals surface area contributed by atoms with E-state index in [1.807, 2.05) is 24.3 Å². The molecule has 1 aromatic carbocycles. The van der Waals surface area contributed by atoms with E-state index in [9.17, 15) is 5.11 Å². The molecule has 3 rings (SSSR count). The first-order valence-corrected chi connectivity index (χ1v) is 7.27. The van der Waals surface area contributed by atoms with E-state index in [2.05, 4.69) is 31.3 Å². The van der Waals surface area contributed by atoms with E-state index in [0.29, 0.717) is 5.82 Å². The average Bonchev–Trinajstić information content (AvgIpc) is 2.89. The van der Waals surface area contributed by atoms with Crippen LogP contribution in [0.2, 0.25) is 0 Å². The summed E-state index contributed by atoms with van der Waals surface area (Å²) in [5.41, 5.74) is 0.916. The summed E-state index contributed by atoms with van der Waals surface area (Å²) in [6, 6.07) is 7.74. The molecule has 2 aromatic rings. The molecule has 1 saturated carbocycles. The molecule has 100 valence electrons. The topological polar surface area (TPSA) is 63.8 Å². The summed E-state index contributed by atoms with van der Waals surface area (Å²) < 4.78 is 0.943. The Kier molecular flexibility index (Phi) is 3.61. The minimum Gasteiger partial charge on any atom is -0.391 e. The van der Waals surface area contributed by atoms with Gasteiger partial charge in [0.15, 0.2) is 0 Å². The number of hydrogen-bond acceptors (Lipinski definition) is 4. The second-order valence-corrected chi connectivity index (χ2v) is 5.69. The van der Waals surface area contributed by atoms with Gasteiger partial charge in [-0.1, -0.05) is 40.9 Å². The van der Waals surface area contributed by atoms with Gasteiger partial charge in [0.1, 0.15) is 0 Å². The van der Waals surface area contributed by atoms with Gasteiger partial charge >= 0.3 is 0 Å². The zero-order valence-corrected chi connectivity index (χ0v) is 12.0. The van der Waals surface area contributed by atoms with Crippen molar-refractivity contribution < 1.29 is 5.11 Å². The van der Waals surface area contributed by atoms with Gasteiger partial charge in [-0.15, -0.1) is 10.2 Å². The van der Waals surface area contributed by atoms with Crippen molar-refractivity contribution in [2.75, 3.05) is 0 Å². The van der Waals surface area contributed by atoms with Gasteiger partial charge in [-0.3, -0.25) is 0 Å². The zero-order chi connectivity index (χ0) is 13.2. The molecule has 6 heteroatoms. The Hall–Kier alpha value is -1.27. The maximum atomic E-state index is 10.0. The molecule has 1 aliphatic rings. The summed E-state index contributed by atoms with van der Waals surface area (Å²) in [7, 11) is 0. The van der Waals surface area contributed by atoms with Crippen molar-refractivity contribution in [1.82, 2.24) is 20.2 Å². The van der Waals surface area contributed by atoms with Crippen LogP contribution in [-0.2, 0) is 0 Å². The fourth-order valence-corrected chi connectivity index (χ4v) is 2.94. The molecule has 1 aromatic heterocycles. The second-order valence-electron chi connectivity index (χ2n) is 4.83. The Morgan fingerprint density at radius 3 is 2.79 bits per heavy atom. The molecule has 0 bridgehead atoms. The van der Waals surface area contributed by atoms with Crippen LogP contribution in [0.15, 0.2) is 28.7 Å². The van der Waals surface area contributed by atoms with Crippen molar-refractivity contribution in [1.29, 1.82) is 0 Å². The molecule has 19 heavy (non-hydrogen) atoms. The van der Waals surface area contributed by atoms with E-state index in [4.69, 9.17) is 0 Å². The number of halogens is 1. The van der Waals surface area contributed by atoms with Gasteiger partial charge in [0.25, 0.3) is 0 Å². The molecule has 1 aliphatic carbocycles. The largest absolute Gasteiger partial charge is 0.391 e. The molecule has 0 spiro atoms. The Bertz CT molecular complexity index is 571. The van der Waals surface area contributed by atoms with Gasteiger partial charge in [-0.2, -0.15) is 4.80 Å². The van der Waals surface area contributed by atoms with E-state index in [1.54, 1.807) is 4.80 Å². The monoisotopic (exact) mass is 322 g/mol. The first-order chi connectivity index (χ1) is 9.25. The molecular formula is C13H15BrN4O. The van der Waals surface area contributed by atoms with Gasteiger partial charge in [0, 0.05) is 10.0 Å². The SMILES string of the molecule is O[C@H]1CCCC[C@H]1n1nnc(-c2ccccc2Br)n1. The molecule has 1 heterocycles. The molecule has 0 amide bonds. The molecule has 2 atom stereocenters. The van der Waals surface area contributed by atoms with E-state index in [1.165, 1.54) is 0 Å². The lowest BCUT2D eigenvalue weighted by molar-refractivity contribution is 0.0614. The quantitative estimate of drug-likeness (QED) is 0.923. The van der Waals surface area contributed by atoms with Crippen LogP contribution in [0.5, 0.6) is 0 Å². The first kappa shape index (κ1) is 12.7. The van der Waals surface area contributed by atoms with Crippen LogP contribution in [0, 0.1) is 0 Å². The molecule has 0 unspecified atom stereocenters. The number of aromatic nitrogens is 4. The normalized spacial score (nSPS) is 23.5. The summed E-state index contributed by atoms with van der Waals surface area (Å²) >= 11 is 3.48. The van der Waals surface area contributed by atoms with Crippen LogP contribution in [0.1, 0.15) is 31.7 Å². The molecule has 1 fully saturated rings. The predicted molar refractivity (Wildman–Crippen MR) is 74.5 cm³/mol. The third-order valence-corrected chi connectivity index (χ3v) is 4.23. The molecule has 1 N–H and O–H groups in total. The van der Waals surface area contributed by atoms with Gasteiger partial charge in [0.05, 0.1) is 12.1 Å². The first-order valence-electron chi connectivity index (χ1n) is 6.48. The highest BCUT2D eigenvalue weighted by atomic mass is 79.9. The second kappa shape index (κ2) is 5.38. The Morgan fingerprint density at radius 1 is 1.21 bits per heavy atom. The Balaban J connectivity index is 1.89. The lowest BCUT2D eigenvalue weighted by atomic mass is 9.93. The number of aliphatic hydroxyl groups excluding tert-OH is 1. The summed E-state index contributed by atoms with van der Waals surface area (Å²) in [4.78, 5) is 1.57. The van der Waals surface area contributed by atoms with Crippen LogP contribution in [-0.4, -0.2) is 31.4 Å². The molecule has 0 radical (unpaired) electrons. The minimum absolute atomic E-state index is 0.0440. The van der Waals surface area contributed by atoms with Crippen molar-refractivity contribution in [2.24, 2.45) is 0 Å². The highest BCUT2D eigenvalue weighted by Gasteiger charge is 2.27. The summed E-state index contributed by atoms with van der Waals surface area (Å²) in [5.74, 6) is 0.588. The Labute approximate surface area is 119 Å². The van der Waals surface area contributed by atoms with Crippen LogP contribution in [0.25, 0.3) is 11.4 Å². The van der Waals surface area contributed by atoms with Crippen LogP contribution >= 0.6 is 15.9 Å². The van der Waals surface area contributed by atoms with Crippen LogP contribution in [0.4, 0.5) is 0 Å². The van der Waals surface area contributed by atoms with E-state index in [0.717, 1.165) is 35.7 Å². The molecule has 0 saturated heterocycles. The zero-order valence-electron chi connectivity index (χ0n) is 10.4. The number of tetrazole rings is 1. The predicted octanol–water partition coefficient (Wildman–Crippen LogP) is 2.58. The van der Waals surface area contributed by atoms with Crippen molar-refractivity contribution in [2.45, 2.75) is 37.8 Å². The van der Waals surface area contributed by atoms with Gasteiger partial charge < -0.3 is 5.11 Å². The average molecular weight is 323 g/mol. The van der Waals surface area contributed by atoms with Gasteiger partial charge in [-0.25, -0.2) is 0 Å². The van der Waals surface area contributed by atoms with E-state index < -0.39 is 0 Å². The highest BCUT2D eigenvalue weighted by Crippen LogP contribution is 2.29. The van der Waals surface area contributed by atoms with Crippen molar-refractivity contribution >= 4 is 15.9 Å². The third-order valence-electron chi connectivity index (χ3n) is 3.53. The summed E-state index contributed by atoms with van der Waals surface area (Å²) in [5, 5.41) is 22.6. The number of nitrogens with zero attached hydrogens (tertiary/aromatic N) is 4. The van der Waals surface area contributed by atoms with Crippen molar-refractivity contribution in [3.05, 3.63) is 28.7 Å². The van der Waals surface area contributed by atoms with Gasteiger partial charge in [-0.05, 0) is 30.2 Å². The highest BCUT2D eigenvalue weighted by molar-refractivity contribution is 9.10. The maximum Gasteiger partial charge on any atom is 0.206 e. The lowest BCUT2D eigenvalue weighted by Gasteiger charge is -2.25. The lowest BCUT2D eigenvalue weighted by Crippen LogP contribution is -2.29. The fourth-order valence-electron chi connectivity index (χ4n) is 2.48. The minimum atomic E-state index is -0.366. The van der Waals surface area contributed by atoms with Crippen molar-refractivity contribution in [3.8, 4) is 11.4 Å². The van der Waals surface area contributed by atoms with E-state index >= 15 is 0 Å². The number of aliphatic hydroxyl groups is 1.